The SMILES string of the molecule is COC[C@@H](C)Nc1ccnc(C#N)c1. The summed E-state index contributed by atoms with van der Waals surface area (Å²) in [6.45, 7) is 2.64. The van der Waals surface area contributed by atoms with Gasteiger partial charge in [0.25, 0.3) is 0 Å². The smallest absolute Gasteiger partial charge is 0.142 e. The number of hydrogen-bond acceptors (Lipinski definition) is 4. The first kappa shape index (κ1) is 10.5. The number of nitriles is 1. The van der Waals surface area contributed by atoms with Crippen LogP contribution < -0.4 is 5.32 Å². The summed E-state index contributed by atoms with van der Waals surface area (Å²) in [7, 11) is 1.66. The number of ether oxygens (including phenoxy) is 1. The summed E-state index contributed by atoms with van der Waals surface area (Å²) in [5.41, 5.74) is 1.31. The summed E-state index contributed by atoms with van der Waals surface area (Å²) in [6.07, 6.45) is 1.61. The maximum atomic E-state index is 8.63. The third-order valence-electron chi connectivity index (χ3n) is 1.70. The Bertz CT molecular complexity index is 332. The number of anilines is 1. The Morgan fingerprint density at radius 2 is 2.50 bits per heavy atom. The van der Waals surface area contributed by atoms with E-state index in [-0.39, 0.29) is 6.04 Å². The summed E-state index contributed by atoms with van der Waals surface area (Å²) in [5, 5.41) is 11.8. The maximum Gasteiger partial charge on any atom is 0.142 e. The van der Waals surface area contributed by atoms with Crippen LogP contribution in [0.3, 0.4) is 0 Å². The summed E-state index contributed by atoms with van der Waals surface area (Å²) < 4.78 is 4.99. The molecule has 0 aromatic carbocycles. The third kappa shape index (κ3) is 3.04. The first-order chi connectivity index (χ1) is 6.76. The average molecular weight is 191 g/mol. The predicted molar refractivity (Wildman–Crippen MR) is 53.9 cm³/mol. The van der Waals surface area contributed by atoms with E-state index in [1.807, 2.05) is 19.1 Å². The molecule has 1 aromatic rings. The molecule has 14 heavy (non-hydrogen) atoms. The fraction of sp³-hybridized carbons (Fsp3) is 0.400. The molecule has 0 aliphatic rings. The highest BCUT2D eigenvalue weighted by Crippen LogP contribution is 2.08. The van der Waals surface area contributed by atoms with Crippen molar-refractivity contribution in [1.29, 1.82) is 5.26 Å². The molecule has 0 saturated heterocycles. The van der Waals surface area contributed by atoms with Crippen molar-refractivity contribution in [3.8, 4) is 6.07 Å². The number of aromatic nitrogens is 1. The molecule has 74 valence electrons. The van der Waals surface area contributed by atoms with Crippen molar-refractivity contribution in [2.24, 2.45) is 0 Å². The van der Waals surface area contributed by atoms with Crippen LogP contribution in [0, 0.1) is 11.3 Å². The van der Waals surface area contributed by atoms with Gasteiger partial charge >= 0.3 is 0 Å². The van der Waals surface area contributed by atoms with Crippen molar-refractivity contribution in [1.82, 2.24) is 4.98 Å². The molecule has 0 aliphatic carbocycles. The van der Waals surface area contributed by atoms with Gasteiger partial charge < -0.3 is 10.1 Å². The van der Waals surface area contributed by atoms with Gasteiger partial charge in [-0.25, -0.2) is 4.98 Å². The zero-order chi connectivity index (χ0) is 10.4. The van der Waals surface area contributed by atoms with E-state index in [4.69, 9.17) is 10.00 Å². The van der Waals surface area contributed by atoms with Gasteiger partial charge in [-0.1, -0.05) is 0 Å². The summed E-state index contributed by atoms with van der Waals surface area (Å²) in [4.78, 5) is 3.88. The highest BCUT2D eigenvalue weighted by Gasteiger charge is 2.01. The Morgan fingerprint density at radius 3 is 3.14 bits per heavy atom. The minimum absolute atomic E-state index is 0.217. The van der Waals surface area contributed by atoms with Crippen molar-refractivity contribution in [2.75, 3.05) is 19.0 Å². The fourth-order valence-corrected chi connectivity index (χ4v) is 1.16. The minimum Gasteiger partial charge on any atom is -0.383 e. The average Bonchev–Trinajstić information content (AvgIpc) is 2.18. The topological polar surface area (TPSA) is 57.9 Å². The molecule has 0 aliphatic heterocycles. The van der Waals surface area contributed by atoms with Crippen LogP contribution in [0.5, 0.6) is 0 Å². The van der Waals surface area contributed by atoms with Crippen molar-refractivity contribution >= 4 is 5.69 Å². The minimum atomic E-state index is 0.217. The normalized spacial score (nSPS) is 11.8. The summed E-state index contributed by atoms with van der Waals surface area (Å²) in [6, 6.07) is 5.75. The number of methoxy groups -OCH3 is 1. The fourth-order valence-electron chi connectivity index (χ4n) is 1.16. The van der Waals surface area contributed by atoms with E-state index < -0.39 is 0 Å². The Morgan fingerprint density at radius 1 is 1.71 bits per heavy atom. The second-order valence-electron chi connectivity index (χ2n) is 3.04. The molecular weight excluding hydrogens is 178 g/mol. The second kappa shape index (κ2) is 5.20. The lowest BCUT2D eigenvalue weighted by molar-refractivity contribution is 0.190. The Balaban J connectivity index is 2.63. The number of pyridine rings is 1. The zero-order valence-corrected chi connectivity index (χ0v) is 8.32. The van der Waals surface area contributed by atoms with E-state index in [1.165, 1.54) is 0 Å². The maximum absolute atomic E-state index is 8.63. The molecule has 0 radical (unpaired) electrons. The highest BCUT2D eigenvalue weighted by atomic mass is 16.5. The second-order valence-corrected chi connectivity index (χ2v) is 3.04. The van der Waals surface area contributed by atoms with E-state index >= 15 is 0 Å². The zero-order valence-electron chi connectivity index (χ0n) is 8.32. The lowest BCUT2D eigenvalue weighted by atomic mass is 10.3. The van der Waals surface area contributed by atoms with Crippen LogP contribution in [0.15, 0.2) is 18.3 Å². The predicted octanol–water partition coefficient (Wildman–Crippen LogP) is 1.40. The van der Waals surface area contributed by atoms with Gasteiger partial charge in [0, 0.05) is 25.0 Å². The molecule has 1 rings (SSSR count). The molecule has 4 nitrogen and oxygen atoms in total. The van der Waals surface area contributed by atoms with Crippen molar-refractivity contribution in [3.05, 3.63) is 24.0 Å². The van der Waals surface area contributed by atoms with Crippen LogP contribution >= 0.6 is 0 Å². The number of nitrogens with zero attached hydrogens (tertiary/aromatic N) is 2. The molecule has 0 spiro atoms. The summed E-state index contributed by atoms with van der Waals surface area (Å²) >= 11 is 0. The van der Waals surface area contributed by atoms with Crippen LogP contribution in [-0.4, -0.2) is 24.7 Å². The Hall–Kier alpha value is -1.60. The molecule has 1 aromatic heterocycles. The largest absolute Gasteiger partial charge is 0.383 e. The molecule has 1 N–H and O–H groups in total. The van der Waals surface area contributed by atoms with Crippen LogP contribution in [0.25, 0.3) is 0 Å². The number of hydrogen-bond donors (Lipinski definition) is 1. The standard InChI is InChI=1S/C10H13N3O/c1-8(7-14-2)13-9-3-4-12-10(5-9)6-11/h3-5,8H,7H2,1-2H3,(H,12,13)/t8-/m1/s1. The molecule has 0 amide bonds. The number of rotatable bonds is 4. The Kier molecular flexibility index (Phi) is 3.89. The molecule has 0 bridgehead atoms. The lowest BCUT2D eigenvalue weighted by Crippen LogP contribution is -2.20. The van der Waals surface area contributed by atoms with Gasteiger partial charge in [-0.3, -0.25) is 0 Å². The quantitative estimate of drug-likeness (QED) is 0.781. The van der Waals surface area contributed by atoms with Gasteiger partial charge in [0.05, 0.1) is 6.61 Å². The molecule has 0 fully saturated rings. The van der Waals surface area contributed by atoms with Crippen LogP contribution in [0.4, 0.5) is 5.69 Å². The van der Waals surface area contributed by atoms with E-state index in [2.05, 4.69) is 10.3 Å². The van der Waals surface area contributed by atoms with Gasteiger partial charge in [0.2, 0.25) is 0 Å². The molecule has 0 unspecified atom stereocenters. The van der Waals surface area contributed by atoms with E-state index in [0.717, 1.165) is 5.69 Å². The molecule has 0 saturated carbocycles. The molecule has 1 atom stereocenters. The van der Waals surface area contributed by atoms with E-state index in [1.54, 1.807) is 19.4 Å². The molecule has 1 heterocycles. The highest BCUT2D eigenvalue weighted by molar-refractivity contribution is 5.46. The van der Waals surface area contributed by atoms with Gasteiger partial charge in [0.1, 0.15) is 11.8 Å². The van der Waals surface area contributed by atoms with E-state index in [0.29, 0.717) is 12.3 Å². The van der Waals surface area contributed by atoms with Crippen molar-refractivity contribution in [2.45, 2.75) is 13.0 Å². The Labute approximate surface area is 83.5 Å². The van der Waals surface area contributed by atoms with Gasteiger partial charge in [-0.15, -0.1) is 0 Å². The van der Waals surface area contributed by atoms with E-state index in [9.17, 15) is 0 Å². The van der Waals surface area contributed by atoms with Crippen LogP contribution in [0.1, 0.15) is 12.6 Å². The van der Waals surface area contributed by atoms with Gasteiger partial charge in [-0.05, 0) is 19.1 Å². The first-order valence-electron chi connectivity index (χ1n) is 4.38. The monoisotopic (exact) mass is 191 g/mol. The summed E-state index contributed by atoms with van der Waals surface area (Å²) in [5.74, 6) is 0. The third-order valence-corrected chi connectivity index (χ3v) is 1.70. The van der Waals surface area contributed by atoms with Crippen molar-refractivity contribution in [3.63, 3.8) is 0 Å². The van der Waals surface area contributed by atoms with Crippen LogP contribution in [-0.2, 0) is 4.74 Å². The number of nitrogens with one attached hydrogen (secondary N) is 1. The molecule has 4 heteroatoms. The van der Waals surface area contributed by atoms with Crippen molar-refractivity contribution < 1.29 is 4.74 Å². The first-order valence-corrected chi connectivity index (χ1v) is 4.38. The van der Waals surface area contributed by atoms with Crippen LogP contribution in [0.2, 0.25) is 0 Å². The van der Waals surface area contributed by atoms with Gasteiger partial charge in [-0.2, -0.15) is 5.26 Å². The lowest BCUT2D eigenvalue weighted by Gasteiger charge is -2.13. The molecular formula is C10H13N3O. The van der Waals surface area contributed by atoms with Gasteiger partial charge in [0.15, 0.2) is 0 Å².